The second kappa shape index (κ2) is 6.51. The van der Waals surface area contributed by atoms with Gasteiger partial charge < -0.3 is 5.32 Å². The second-order valence-corrected chi connectivity index (χ2v) is 7.14. The summed E-state index contributed by atoms with van der Waals surface area (Å²) in [6.07, 6.45) is 0. The average molecular weight is 332 g/mol. The molecule has 2 aromatic rings. The first-order valence-electron chi connectivity index (χ1n) is 5.68. The fraction of sp³-hybridized carbons (Fsp3) is 0.250. The van der Waals surface area contributed by atoms with Crippen LogP contribution < -0.4 is 5.32 Å². The van der Waals surface area contributed by atoms with Crippen LogP contribution in [0, 0.1) is 12.7 Å². The summed E-state index contributed by atoms with van der Waals surface area (Å²) in [5.74, 6) is -0.720. The largest absolute Gasteiger partial charge is 0.325 e. The van der Waals surface area contributed by atoms with E-state index in [1.54, 1.807) is 6.92 Å². The van der Waals surface area contributed by atoms with Crippen LogP contribution in [0.4, 0.5) is 10.1 Å². The fourth-order valence-corrected chi connectivity index (χ4v) is 3.49. The number of carbonyl (C=O) groups is 1. The van der Waals surface area contributed by atoms with Crippen LogP contribution in [0.25, 0.3) is 0 Å². The van der Waals surface area contributed by atoms with Gasteiger partial charge in [0.25, 0.3) is 0 Å². The Morgan fingerprint density at radius 1 is 1.50 bits per heavy atom. The number of halogens is 2. The summed E-state index contributed by atoms with van der Waals surface area (Å²) >= 11 is 8.42. The first-order valence-corrected chi connectivity index (χ1v) is 7.76. The molecule has 0 bridgehead atoms. The molecule has 0 fully saturated rings. The summed E-state index contributed by atoms with van der Waals surface area (Å²) in [4.78, 5) is 12.0. The molecule has 1 N–H and O–H groups in total. The van der Waals surface area contributed by atoms with Gasteiger partial charge in [-0.3, -0.25) is 4.79 Å². The van der Waals surface area contributed by atoms with Gasteiger partial charge in [0.2, 0.25) is 5.91 Å². The molecule has 4 nitrogen and oxygen atoms in total. The van der Waals surface area contributed by atoms with Gasteiger partial charge in [0.1, 0.15) is 10.8 Å². The van der Waals surface area contributed by atoms with Crippen molar-refractivity contribution in [3.63, 3.8) is 0 Å². The monoisotopic (exact) mass is 331 g/mol. The Kier molecular flexibility index (Phi) is 4.95. The number of anilines is 1. The molecule has 0 saturated carbocycles. The lowest BCUT2D eigenvalue weighted by atomic mass is 10.3. The molecule has 8 heteroatoms. The van der Waals surface area contributed by atoms with Crippen LogP contribution >= 0.6 is 34.7 Å². The van der Waals surface area contributed by atoms with Crippen molar-refractivity contribution in [2.45, 2.75) is 23.4 Å². The minimum absolute atomic E-state index is 0.0251. The molecule has 106 valence electrons. The van der Waals surface area contributed by atoms with E-state index in [9.17, 15) is 9.18 Å². The molecular weight excluding hydrogens is 321 g/mol. The standard InChI is InChI=1S/C12H11ClFN3OS2/c1-6(19-12-17-16-7(2)20-12)11(18)15-8-3-4-10(14)9(13)5-8/h3-6H,1-2H3,(H,15,18)/t6-/m1/s1. The van der Waals surface area contributed by atoms with Crippen LogP contribution in [0.2, 0.25) is 5.02 Å². The number of aryl methyl sites for hydroxylation is 1. The quantitative estimate of drug-likeness (QED) is 0.867. The number of thioether (sulfide) groups is 1. The summed E-state index contributed by atoms with van der Waals surface area (Å²) < 4.78 is 13.8. The third kappa shape index (κ3) is 3.91. The fourth-order valence-electron chi connectivity index (χ4n) is 1.35. The maximum Gasteiger partial charge on any atom is 0.237 e. The van der Waals surface area contributed by atoms with E-state index < -0.39 is 5.82 Å². The summed E-state index contributed by atoms with van der Waals surface area (Å²) in [5, 5.41) is 11.0. The Balaban J connectivity index is 1.98. The van der Waals surface area contributed by atoms with Crippen molar-refractivity contribution >= 4 is 46.3 Å². The summed E-state index contributed by atoms with van der Waals surface area (Å²) in [6, 6.07) is 4.05. The van der Waals surface area contributed by atoms with Crippen LogP contribution in [0.1, 0.15) is 11.9 Å². The van der Waals surface area contributed by atoms with Gasteiger partial charge in [0.15, 0.2) is 4.34 Å². The van der Waals surface area contributed by atoms with Crippen molar-refractivity contribution in [1.29, 1.82) is 0 Å². The molecule has 0 aliphatic carbocycles. The molecule has 1 amide bonds. The number of nitrogens with zero attached hydrogens (tertiary/aromatic N) is 2. The molecule has 0 unspecified atom stereocenters. The highest BCUT2D eigenvalue weighted by molar-refractivity contribution is 8.02. The average Bonchev–Trinajstić information content (AvgIpc) is 2.79. The molecule has 0 spiro atoms. The normalized spacial score (nSPS) is 12.2. The number of rotatable bonds is 4. The van der Waals surface area contributed by atoms with E-state index in [-0.39, 0.29) is 16.2 Å². The zero-order valence-corrected chi connectivity index (χ0v) is 13.1. The first-order chi connectivity index (χ1) is 9.45. The number of nitrogens with one attached hydrogen (secondary N) is 1. The molecule has 1 heterocycles. The van der Waals surface area contributed by atoms with E-state index >= 15 is 0 Å². The van der Waals surface area contributed by atoms with Crippen LogP contribution in [-0.2, 0) is 4.79 Å². The van der Waals surface area contributed by atoms with Gasteiger partial charge in [-0.1, -0.05) is 34.7 Å². The maximum absolute atomic E-state index is 13.0. The molecule has 0 aliphatic heterocycles. The molecule has 0 saturated heterocycles. The third-order valence-electron chi connectivity index (χ3n) is 2.34. The molecular formula is C12H11ClFN3OS2. The van der Waals surface area contributed by atoms with E-state index in [1.807, 2.05) is 6.92 Å². The Morgan fingerprint density at radius 2 is 2.25 bits per heavy atom. The van der Waals surface area contributed by atoms with Gasteiger partial charge >= 0.3 is 0 Å². The predicted octanol–water partition coefficient (Wildman–Crippen LogP) is 3.76. The Labute approximate surface area is 128 Å². The molecule has 0 radical (unpaired) electrons. The molecule has 2 rings (SSSR count). The molecule has 1 atom stereocenters. The molecule has 20 heavy (non-hydrogen) atoms. The highest BCUT2D eigenvalue weighted by Crippen LogP contribution is 2.27. The van der Waals surface area contributed by atoms with Crippen LogP contribution in [0.3, 0.4) is 0 Å². The van der Waals surface area contributed by atoms with E-state index in [2.05, 4.69) is 15.5 Å². The molecule has 0 aliphatic rings. The summed E-state index contributed by atoms with van der Waals surface area (Å²) in [5.41, 5.74) is 0.460. The van der Waals surface area contributed by atoms with E-state index in [0.717, 1.165) is 9.35 Å². The Morgan fingerprint density at radius 3 is 2.85 bits per heavy atom. The minimum atomic E-state index is -0.517. The van der Waals surface area contributed by atoms with E-state index in [1.165, 1.54) is 41.3 Å². The van der Waals surface area contributed by atoms with Crippen molar-refractivity contribution in [3.05, 3.63) is 34.0 Å². The lowest BCUT2D eigenvalue weighted by Crippen LogP contribution is -2.22. The van der Waals surface area contributed by atoms with E-state index in [4.69, 9.17) is 11.6 Å². The number of benzene rings is 1. The number of hydrogen-bond acceptors (Lipinski definition) is 5. The van der Waals surface area contributed by atoms with Crippen LogP contribution in [-0.4, -0.2) is 21.4 Å². The number of hydrogen-bond donors (Lipinski definition) is 1. The second-order valence-electron chi connectivity index (χ2n) is 3.97. The van der Waals surface area contributed by atoms with Gasteiger partial charge in [-0.05, 0) is 32.0 Å². The SMILES string of the molecule is Cc1nnc(S[C@H](C)C(=O)Nc2ccc(F)c(Cl)c2)s1. The van der Waals surface area contributed by atoms with Crippen molar-refractivity contribution < 1.29 is 9.18 Å². The first kappa shape index (κ1) is 15.2. The van der Waals surface area contributed by atoms with Gasteiger partial charge in [-0.25, -0.2) is 4.39 Å². The summed E-state index contributed by atoms with van der Waals surface area (Å²) in [6.45, 7) is 3.62. The van der Waals surface area contributed by atoms with Crippen molar-refractivity contribution in [3.8, 4) is 0 Å². The van der Waals surface area contributed by atoms with Gasteiger partial charge in [-0.15, -0.1) is 10.2 Å². The smallest absolute Gasteiger partial charge is 0.237 e. The van der Waals surface area contributed by atoms with Crippen LogP contribution in [0.15, 0.2) is 22.5 Å². The topological polar surface area (TPSA) is 54.9 Å². The highest BCUT2D eigenvalue weighted by atomic mass is 35.5. The number of aromatic nitrogens is 2. The van der Waals surface area contributed by atoms with E-state index in [0.29, 0.717) is 5.69 Å². The number of carbonyl (C=O) groups excluding carboxylic acids is 1. The van der Waals surface area contributed by atoms with Crippen LogP contribution in [0.5, 0.6) is 0 Å². The zero-order chi connectivity index (χ0) is 14.7. The highest BCUT2D eigenvalue weighted by Gasteiger charge is 2.17. The number of amides is 1. The molecule has 1 aromatic carbocycles. The van der Waals surface area contributed by atoms with Crippen molar-refractivity contribution in [2.75, 3.05) is 5.32 Å². The lowest BCUT2D eigenvalue weighted by molar-refractivity contribution is -0.115. The predicted molar refractivity (Wildman–Crippen MR) is 80.0 cm³/mol. The maximum atomic E-state index is 13.0. The Hall–Kier alpha value is -1.18. The van der Waals surface area contributed by atoms with Gasteiger partial charge in [0, 0.05) is 5.69 Å². The minimum Gasteiger partial charge on any atom is -0.325 e. The molecule has 1 aromatic heterocycles. The lowest BCUT2D eigenvalue weighted by Gasteiger charge is -2.10. The summed E-state index contributed by atoms with van der Waals surface area (Å²) in [7, 11) is 0. The Bertz CT molecular complexity index is 635. The van der Waals surface area contributed by atoms with Crippen molar-refractivity contribution in [2.24, 2.45) is 0 Å². The third-order valence-corrected chi connectivity index (χ3v) is 4.65. The van der Waals surface area contributed by atoms with Gasteiger partial charge in [-0.2, -0.15) is 0 Å². The zero-order valence-electron chi connectivity index (χ0n) is 10.7. The van der Waals surface area contributed by atoms with Crippen molar-refractivity contribution in [1.82, 2.24) is 10.2 Å². The van der Waals surface area contributed by atoms with Gasteiger partial charge in [0.05, 0.1) is 10.3 Å².